The van der Waals surface area contributed by atoms with Crippen molar-refractivity contribution in [1.29, 1.82) is 0 Å². The molecule has 0 aliphatic heterocycles. The summed E-state index contributed by atoms with van der Waals surface area (Å²) >= 11 is 0. The van der Waals surface area contributed by atoms with E-state index in [4.69, 9.17) is 51.7 Å². The van der Waals surface area contributed by atoms with E-state index in [1.54, 1.807) is 0 Å². The lowest BCUT2D eigenvalue weighted by atomic mass is 10.0. The standard InChI is InChI=1S/C47H30N4.2C41H26N4/c1-3-12-31(13-4-1)36-26-27-44-41(29-36)39-19-9-10-20-42(39)51(44)43-21-11-18-33-23-25-38(30-40(33)43)47-49-45(34-15-5-2-6-16-34)48-46(50-47)37-24-22-32-14-7-8-17-35(32)28-37;1-2-12-28(13-3-1)39-42-40(31-22-21-27-11-4-5-14-29(27)25-31)44-41(43-39)32-23-24-33-30(26-32)15-10-20-36(33)45-37-18-8-6-16-34(37)35-17-7-9-19-38(35)45;1-2-14-29(15-3-1)39-42-40(31-23-22-27-12-4-5-16-30(27)26-31)44-41(43-39)35-25-24-28-13-6-7-17-32(28)38(35)45-36-20-10-8-18-33(36)34-19-9-11-21-37(34)45/h1-30H;2*1-26H/i1D,3D,4D,12D,13D;;. The summed E-state index contributed by atoms with van der Waals surface area (Å²) in [6.07, 6.45) is 0. The lowest BCUT2D eigenvalue weighted by Gasteiger charge is -2.17. The molecule has 0 N–H and O–H groups in total. The lowest BCUT2D eigenvalue weighted by Crippen LogP contribution is -2.04. The van der Waals surface area contributed by atoms with Gasteiger partial charge in [0.2, 0.25) is 0 Å². The van der Waals surface area contributed by atoms with E-state index in [0.29, 0.717) is 58.0 Å². The molecule has 0 radical (unpaired) electrons. The number of hydrogen-bond acceptors (Lipinski definition) is 9. The number of aromatic nitrogens is 12. The molecule has 22 aromatic carbocycles. The molecule has 6 aromatic heterocycles. The van der Waals surface area contributed by atoms with Crippen molar-refractivity contribution in [3.05, 3.63) is 497 Å². The molecule has 0 atom stereocenters. The molecule has 0 bridgehead atoms. The van der Waals surface area contributed by atoms with Gasteiger partial charge in [-0.2, -0.15) is 0 Å². The molecule has 0 spiro atoms. The van der Waals surface area contributed by atoms with Gasteiger partial charge in [-0.3, -0.25) is 0 Å². The molecule has 658 valence electrons. The molecule has 12 nitrogen and oxygen atoms in total. The summed E-state index contributed by atoms with van der Waals surface area (Å²) in [5.41, 5.74) is 18.8. The van der Waals surface area contributed by atoms with E-state index >= 15 is 0 Å². The van der Waals surface area contributed by atoms with Crippen LogP contribution in [0.25, 0.3) is 261 Å². The van der Waals surface area contributed by atoms with Crippen LogP contribution in [-0.4, -0.2) is 58.6 Å². The predicted molar refractivity (Wildman–Crippen MR) is 582 cm³/mol. The van der Waals surface area contributed by atoms with E-state index in [0.717, 1.165) is 148 Å². The van der Waals surface area contributed by atoms with Crippen LogP contribution >= 0.6 is 0 Å². The van der Waals surface area contributed by atoms with Crippen LogP contribution in [0.15, 0.2) is 497 Å². The van der Waals surface area contributed by atoms with Crippen molar-refractivity contribution in [2.24, 2.45) is 0 Å². The third kappa shape index (κ3) is 15.2. The first-order chi connectivity index (χ1) is 71.9. The third-order valence-corrected chi connectivity index (χ3v) is 26.7. The van der Waals surface area contributed by atoms with E-state index < -0.39 is 6.04 Å². The first-order valence-electron chi connectivity index (χ1n) is 49.5. The Bertz CT molecular complexity index is 10000. The Morgan fingerprint density at radius 3 is 0.872 bits per heavy atom. The molecule has 0 saturated carbocycles. The number of hydrogen-bond donors (Lipinski definition) is 0. The predicted octanol–water partition coefficient (Wildman–Crippen LogP) is 32.5. The van der Waals surface area contributed by atoms with E-state index in [2.05, 4.69) is 353 Å². The largest absolute Gasteiger partial charge is 0.309 e. The molecule has 0 saturated heterocycles. The highest BCUT2D eigenvalue weighted by molar-refractivity contribution is 6.15. The number of para-hydroxylation sites is 5. The zero-order valence-electron chi connectivity index (χ0n) is 80.8. The first-order valence-corrected chi connectivity index (χ1v) is 47.0. The average Bonchev–Trinajstić information content (AvgIpc) is 1.57. The second kappa shape index (κ2) is 35.3. The second-order valence-electron chi connectivity index (χ2n) is 35.1. The maximum Gasteiger partial charge on any atom is 0.166 e. The lowest BCUT2D eigenvalue weighted by molar-refractivity contribution is 1.07. The fourth-order valence-electron chi connectivity index (χ4n) is 20.0. The Morgan fingerprint density at radius 1 is 0.149 bits per heavy atom. The van der Waals surface area contributed by atoms with E-state index in [1.165, 1.54) is 48.7 Å². The first kappa shape index (κ1) is 77.2. The van der Waals surface area contributed by atoms with Gasteiger partial charge in [-0.1, -0.05) is 406 Å². The van der Waals surface area contributed by atoms with E-state index in [1.807, 2.05) is 127 Å². The van der Waals surface area contributed by atoms with Crippen molar-refractivity contribution in [3.63, 3.8) is 0 Å². The molecule has 0 fully saturated rings. The summed E-state index contributed by atoms with van der Waals surface area (Å²) < 4.78 is 48.9. The summed E-state index contributed by atoms with van der Waals surface area (Å²) in [6.45, 7) is 0. The normalized spacial score (nSPS) is 12.0. The Morgan fingerprint density at radius 2 is 0.433 bits per heavy atom. The van der Waals surface area contributed by atoms with Crippen LogP contribution in [0.5, 0.6) is 0 Å². The summed E-state index contributed by atoms with van der Waals surface area (Å²) in [6, 6.07) is 160. The number of rotatable bonds is 13. The second-order valence-corrected chi connectivity index (χ2v) is 35.1. The molecule has 28 rings (SSSR count). The SMILES string of the molecule is [2H]c1c([2H])c([2H])c(-c2ccc3c(c2)c2ccccc2n3-c2cccc3ccc(-c4nc(-c5ccccc5)nc(-c5ccc6ccccc6c5)n4)cc23)c([2H])c1[2H].c1ccc(-c2nc(-c3ccc4ccccc4c3)nc(-c3ccc4c(-n5c6ccccc6c6ccccc65)cccc4c3)n2)cc1.c1ccc(-c2nc(-c3ccc4ccccc4c3)nc(-c3ccc4ccccc4c3-n3c4ccccc4c4ccccc43)n2)cc1. The average molecular weight is 1810 g/mol. The molecule has 12 heteroatoms. The van der Waals surface area contributed by atoms with Crippen molar-refractivity contribution in [3.8, 4) is 131 Å². The summed E-state index contributed by atoms with van der Waals surface area (Å²) in [5.74, 6) is 5.62. The number of fused-ring (bicyclic) bond motifs is 15. The van der Waals surface area contributed by atoms with Gasteiger partial charge in [0.15, 0.2) is 52.4 Å². The Kier molecular flexibility index (Phi) is 19.3. The Labute approximate surface area is 818 Å². The highest BCUT2D eigenvalue weighted by atomic mass is 15.1. The van der Waals surface area contributed by atoms with Gasteiger partial charge in [-0.25, -0.2) is 44.9 Å². The minimum atomic E-state index is -0.407. The van der Waals surface area contributed by atoms with Crippen molar-refractivity contribution in [2.45, 2.75) is 0 Å². The molecule has 0 unspecified atom stereocenters. The molecular weight excluding hydrogens is 1720 g/mol. The zero-order chi connectivity index (χ0) is 97.6. The van der Waals surface area contributed by atoms with E-state index in [-0.39, 0.29) is 29.7 Å². The van der Waals surface area contributed by atoms with Gasteiger partial charge in [-0.05, 0) is 151 Å². The molecule has 28 aromatic rings. The van der Waals surface area contributed by atoms with E-state index in [9.17, 15) is 0 Å². The molecular formula is C129H82N12. The monoisotopic (exact) mass is 1800 g/mol. The van der Waals surface area contributed by atoms with Crippen LogP contribution < -0.4 is 0 Å². The topological polar surface area (TPSA) is 131 Å². The van der Waals surface area contributed by atoms with Crippen LogP contribution in [-0.2, 0) is 0 Å². The maximum absolute atomic E-state index is 8.63. The summed E-state index contributed by atoms with van der Waals surface area (Å²) in [4.78, 5) is 45.5. The highest BCUT2D eigenvalue weighted by Gasteiger charge is 2.26. The van der Waals surface area contributed by atoms with Gasteiger partial charge in [0, 0.05) is 98.5 Å². The molecule has 6 heterocycles. The zero-order valence-corrected chi connectivity index (χ0v) is 75.8. The van der Waals surface area contributed by atoms with Crippen molar-refractivity contribution in [2.75, 3.05) is 0 Å². The molecule has 0 aliphatic carbocycles. The van der Waals surface area contributed by atoms with Crippen molar-refractivity contribution < 1.29 is 6.85 Å². The van der Waals surface area contributed by atoms with Crippen molar-refractivity contribution >= 4 is 130 Å². The maximum atomic E-state index is 8.63. The van der Waals surface area contributed by atoms with Gasteiger partial charge in [0.05, 0.1) is 57.0 Å². The summed E-state index contributed by atoms with van der Waals surface area (Å²) in [5, 5.41) is 20.4. The number of benzene rings is 22. The van der Waals surface area contributed by atoms with Crippen LogP contribution in [0.2, 0.25) is 0 Å². The van der Waals surface area contributed by atoms with Gasteiger partial charge in [0.25, 0.3) is 0 Å². The molecule has 141 heavy (non-hydrogen) atoms. The highest BCUT2D eigenvalue weighted by Crippen LogP contribution is 2.45. The Balaban J connectivity index is 0.000000112. The summed E-state index contributed by atoms with van der Waals surface area (Å²) in [7, 11) is 0. The third-order valence-electron chi connectivity index (χ3n) is 26.7. The minimum Gasteiger partial charge on any atom is -0.309 e. The van der Waals surface area contributed by atoms with Gasteiger partial charge in [-0.15, -0.1) is 0 Å². The smallest absolute Gasteiger partial charge is 0.166 e. The van der Waals surface area contributed by atoms with Gasteiger partial charge < -0.3 is 13.7 Å². The van der Waals surface area contributed by atoms with Crippen LogP contribution in [0.4, 0.5) is 0 Å². The Hall–Kier alpha value is -19.2. The van der Waals surface area contributed by atoms with Gasteiger partial charge in [0.1, 0.15) is 0 Å². The number of nitrogens with zero attached hydrogens (tertiary/aromatic N) is 12. The minimum absolute atomic E-state index is 0.180. The van der Waals surface area contributed by atoms with Gasteiger partial charge >= 0.3 is 0 Å². The fourth-order valence-corrected chi connectivity index (χ4v) is 20.0. The van der Waals surface area contributed by atoms with Crippen LogP contribution in [0, 0.1) is 0 Å². The quantitative estimate of drug-likeness (QED) is 0.111. The van der Waals surface area contributed by atoms with Crippen LogP contribution in [0.1, 0.15) is 6.85 Å². The van der Waals surface area contributed by atoms with Crippen molar-refractivity contribution in [1.82, 2.24) is 58.6 Å². The van der Waals surface area contributed by atoms with Crippen LogP contribution in [0.3, 0.4) is 0 Å². The molecule has 0 amide bonds. The molecule has 0 aliphatic rings. The fraction of sp³-hybridized carbons (Fsp3) is 0.